The van der Waals surface area contributed by atoms with Crippen LogP contribution in [0.25, 0.3) is 16.8 Å². The summed E-state index contributed by atoms with van der Waals surface area (Å²) >= 11 is 0. The van der Waals surface area contributed by atoms with Gasteiger partial charge in [0.05, 0.1) is 12.8 Å². The van der Waals surface area contributed by atoms with Crippen molar-refractivity contribution in [3.05, 3.63) is 64.6 Å². The van der Waals surface area contributed by atoms with Crippen LogP contribution in [0.15, 0.2) is 47.3 Å². The molecule has 1 saturated heterocycles. The third-order valence-corrected chi connectivity index (χ3v) is 6.33. The number of amides is 1. The van der Waals surface area contributed by atoms with Crippen molar-refractivity contribution in [2.24, 2.45) is 11.8 Å². The molecule has 0 spiro atoms. The summed E-state index contributed by atoms with van der Waals surface area (Å²) in [6.45, 7) is 1.39. The number of halogens is 1. The van der Waals surface area contributed by atoms with Crippen molar-refractivity contribution < 1.29 is 13.9 Å². The van der Waals surface area contributed by atoms with Crippen LogP contribution in [0.4, 0.5) is 4.39 Å². The summed E-state index contributed by atoms with van der Waals surface area (Å²) in [6, 6.07) is 12.2. The third kappa shape index (κ3) is 3.92. The van der Waals surface area contributed by atoms with E-state index in [-0.39, 0.29) is 23.4 Å². The lowest BCUT2D eigenvalue weighted by molar-refractivity contribution is -0.131. The van der Waals surface area contributed by atoms with Gasteiger partial charge in [0.1, 0.15) is 17.4 Å². The van der Waals surface area contributed by atoms with Gasteiger partial charge in [-0.25, -0.2) is 18.9 Å². The van der Waals surface area contributed by atoms with Gasteiger partial charge in [0.25, 0.3) is 0 Å². The third-order valence-electron chi connectivity index (χ3n) is 6.33. The molecule has 7 nitrogen and oxygen atoms in total. The number of nitrogens with zero attached hydrogens (tertiary/aromatic N) is 3. The monoisotopic (exact) mass is 436 g/mol. The van der Waals surface area contributed by atoms with Crippen LogP contribution in [0.5, 0.6) is 5.75 Å². The average Bonchev–Trinajstić information content (AvgIpc) is 3.46. The predicted molar refractivity (Wildman–Crippen MR) is 117 cm³/mol. The molecule has 8 heteroatoms. The number of hydrogen-bond acceptors (Lipinski definition) is 4. The quantitative estimate of drug-likeness (QED) is 0.644. The topological polar surface area (TPSA) is 80.2 Å². The van der Waals surface area contributed by atoms with Gasteiger partial charge in [0.2, 0.25) is 5.91 Å². The van der Waals surface area contributed by atoms with E-state index in [0.29, 0.717) is 30.1 Å². The number of H-pyrrole nitrogens is 1. The number of aromatic amines is 1. The van der Waals surface area contributed by atoms with Crippen molar-refractivity contribution >= 4 is 5.91 Å². The molecule has 32 heavy (non-hydrogen) atoms. The van der Waals surface area contributed by atoms with Gasteiger partial charge in [-0.1, -0.05) is 18.2 Å². The first kappa shape index (κ1) is 20.5. The van der Waals surface area contributed by atoms with E-state index in [1.807, 2.05) is 29.2 Å². The first-order valence-corrected chi connectivity index (χ1v) is 10.9. The van der Waals surface area contributed by atoms with Gasteiger partial charge < -0.3 is 9.64 Å². The van der Waals surface area contributed by atoms with Crippen molar-refractivity contribution in [3.63, 3.8) is 0 Å². The molecular formula is C24H25FN4O3. The van der Waals surface area contributed by atoms with E-state index in [1.54, 1.807) is 19.2 Å². The molecule has 166 valence electrons. The fourth-order valence-electron chi connectivity index (χ4n) is 4.43. The van der Waals surface area contributed by atoms with Crippen LogP contribution in [0.2, 0.25) is 0 Å². The van der Waals surface area contributed by atoms with E-state index in [1.165, 1.54) is 10.6 Å². The van der Waals surface area contributed by atoms with Crippen molar-refractivity contribution in [3.8, 4) is 22.6 Å². The number of hydrogen-bond donors (Lipinski definition) is 1. The minimum absolute atomic E-state index is 0.161. The van der Waals surface area contributed by atoms with Gasteiger partial charge in [-0.3, -0.25) is 4.79 Å². The van der Waals surface area contributed by atoms with Gasteiger partial charge in [0, 0.05) is 25.4 Å². The Labute approximate surface area is 184 Å². The van der Waals surface area contributed by atoms with Crippen LogP contribution in [-0.4, -0.2) is 45.8 Å². The highest BCUT2D eigenvalue weighted by Crippen LogP contribution is 2.33. The van der Waals surface area contributed by atoms with E-state index in [4.69, 9.17) is 4.74 Å². The Balaban J connectivity index is 1.38. The summed E-state index contributed by atoms with van der Waals surface area (Å²) < 4.78 is 21.7. The lowest BCUT2D eigenvalue weighted by atomic mass is 10.0. The molecule has 1 saturated carbocycles. The molecule has 1 aromatic heterocycles. The van der Waals surface area contributed by atoms with Crippen LogP contribution in [0.3, 0.4) is 0 Å². The maximum Gasteiger partial charge on any atom is 0.348 e. The molecule has 5 rings (SSSR count). The Bertz CT molecular complexity index is 1210. The minimum Gasteiger partial charge on any atom is -0.497 e. The molecular weight excluding hydrogens is 411 g/mol. The summed E-state index contributed by atoms with van der Waals surface area (Å²) in [5, 5.41) is 6.61. The molecule has 1 aliphatic carbocycles. The van der Waals surface area contributed by atoms with Crippen LogP contribution in [-0.2, 0) is 11.2 Å². The molecule has 2 heterocycles. The van der Waals surface area contributed by atoms with Crippen molar-refractivity contribution in [2.75, 3.05) is 20.2 Å². The number of nitrogens with one attached hydrogen (secondary N) is 1. The van der Waals surface area contributed by atoms with E-state index in [2.05, 4.69) is 10.2 Å². The van der Waals surface area contributed by atoms with Crippen molar-refractivity contribution in [1.82, 2.24) is 19.7 Å². The first-order chi connectivity index (χ1) is 15.5. The molecule has 3 aromatic rings. The summed E-state index contributed by atoms with van der Waals surface area (Å²) in [4.78, 5) is 26.7. The zero-order valence-electron chi connectivity index (χ0n) is 17.9. The maximum absolute atomic E-state index is 15.1. The molecule has 1 atom stereocenters. The smallest absolute Gasteiger partial charge is 0.348 e. The Morgan fingerprint density at radius 1 is 1.19 bits per heavy atom. The summed E-state index contributed by atoms with van der Waals surface area (Å²) in [5.74, 6) is 1.30. The van der Waals surface area contributed by atoms with Crippen molar-refractivity contribution in [1.29, 1.82) is 0 Å². The number of carbonyl (C=O) groups is 1. The van der Waals surface area contributed by atoms with E-state index < -0.39 is 11.5 Å². The largest absolute Gasteiger partial charge is 0.497 e. The molecule has 2 fully saturated rings. The number of methoxy groups -OCH3 is 1. The Morgan fingerprint density at radius 2 is 2.00 bits per heavy atom. The molecule has 1 N–H and O–H groups in total. The fourth-order valence-corrected chi connectivity index (χ4v) is 4.43. The summed E-state index contributed by atoms with van der Waals surface area (Å²) in [5.41, 5.74) is 1.19. The molecule has 1 aliphatic heterocycles. The second-order valence-corrected chi connectivity index (χ2v) is 8.60. The lowest BCUT2D eigenvalue weighted by Gasteiger charge is -2.16. The van der Waals surface area contributed by atoms with Gasteiger partial charge >= 0.3 is 5.69 Å². The van der Waals surface area contributed by atoms with E-state index >= 15 is 4.39 Å². The lowest BCUT2D eigenvalue weighted by Crippen LogP contribution is -2.30. The normalized spacial score (nSPS) is 18.2. The first-order valence-electron chi connectivity index (χ1n) is 10.9. The van der Waals surface area contributed by atoms with Crippen LogP contribution >= 0.6 is 0 Å². The van der Waals surface area contributed by atoms with Crippen LogP contribution in [0.1, 0.15) is 25.1 Å². The second-order valence-electron chi connectivity index (χ2n) is 8.60. The summed E-state index contributed by atoms with van der Waals surface area (Å²) in [6.07, 6.45) is 3.34. The number of ether oxygens (including phenoxy) is 1. The Hall–Kier alpha value is -3.42. The van der Waals surface area contributed by atoms with Gasteiger partial charge in [-0.15, -0.1) is 0 Å². The van der Waals surface area contributed by atoms with Gasteiger partial charge in [-0.05, 0) is 60.6 Å². The predicted octanol–water partition coefficient (Wildman–Crippen LogP) is 3.18. The molecule has 1 amide bonds. The minimum atomic E-state index is -0.507. The van der Waals surface area contributed by atoms with Crippen molar-refractivity contribution in [2.45, 2.75) is 25.7 Å². The SMILES string of the molecule is COc1cccc(-c2ccc(-n3c(C[C@@H]4CCN(C(=O)C5CC5)C4)n[nH]c3=O)c(F)c2)c1. The highest BCUT2D eigenvalue weighted by Gasteiger charge is 2.37. The molecule has 0 bridgehead atoms. The number of benzene rings is 2. The standard InChI is InChI=1S/C24H25FN4O3/c1-32-19-4-2-3-17(12-19)18-7-8-21(20(25)13-18)29-22(26-27-24(29)31)11-15-9-10-28(14-15)23(30)16-5-6-16/h2-4,7-8,12-13,15-16H,5-6,9-11,14H2,1H3,(H,27,31)/t15-/m0/s1. The number of likely N-dealkylation sites (tertiary alicyclic amines) is 1. The summed E-state index contributed by atoms with van der Waals surface area (Å²) in [7, 11) is 1.58. The van der Waals surface area contributed by atoms with Gasteiger partial charge in [-0.2, -0.15) is 5.10 Å². The van der Waals surface area contributed by atoms with E-state index in [9.17, 15) is 9.59 Å². The molecule has 0 radical (unpaired) electrons. The average molecular weight is 436 g/mol. The maximum atomic E-state index is 15.1. The number of carbonyl (C=O) groups excluding carboxylic acids is 1. The highest BCUT2D eigenvalue weighted by molar-refractivity contribution is 5.81. The van der Waals surface area contributed by atoms with E-state index in [0.717, 1.165) is 31.4 Å². The molecule has 2 aliphatic rings. The zero-order chi connectivity index (χ0) is 22.2. The molecule has 2 aromatic carbocycles. The fraction of sp³-hybridized carbons (Fsp3) is 0.375. The number of aromatic nitrogens is 3. The Morgan fingerprint density at radius 3 is 2.75 bits per heavy atom. The highest BCUT2D eigenvalue weighted by atomic mass is 19.1. The molecule has 0 unspecified atom stereocenters. The van der Waals surface area contributed by atoms with Gasteiger partial charge in [0.15, 0.2) is 0 Å². The Kier molecular flexibility index (Phi) is 5.28. The zero-order valence-corrected chi connectivity index (χ0v) is 17.9. The van der Waals surface area contributed by atoms with Crippen LogP contribution in [0, 0.1) is 17.7 Å². The van der Waals surface area contributed by atoms with Crippen LogP contribution < -0.4 is 10.4 Å². The second kappa shape index (κ2) is 8.26. The number of rotatable bonds is 6.